The van der Waals surface area contributed by atoms with Crippen molar-refractivity contribution >= 4 is 14.3 Å². The van der Waals surface area contributed by atoms with E-state index in [0.29, 0.717) is 12.2 Å². The molecule has 0 aromatic rings. The van der Waals surface area contributed by atoms with Crippen LogP contribution in [0.5, 0.6) is 0 Å². The molecule has 0 heterocycles. The molecule has 0 bridgehead atoms. The van der Waals surface area contributed by atoms with Gasteiger partial charge in [-0.05, 0) is 32.0 Å². The van der Waals surface area contributed by atoms with Gasteiger partial charge in [-0.15, -0.1) is 0 Å². The van der Waals surface area contributed by atoms with Crippen LogP contribution in [0.1, 0.15) is 26.7 Å². The third-order valence-electron chi connectivity index (χ3n) is 2.70. The maximum Gasteiger partial charge on any atom is 0.333 e. The van der Waals surface area contributed by atoms with Crippen LogP contribution in [-0.4, -0.2) is 28.0 Å². The minimum absolute atomic E-state index is 0.295. The first-order valence-electron chi connectivity index (χ1n) is 5.83. The maximum absolute atomic E-state index is 11.1. The summed E-state index contributed by atoms with van der Waals surface area (Å²) in [5.41, 5.74) is 0.459. The van der Waals surface area contributed by atoms with E-state index in [9.17, 15) is 4.79 Å². The molecule has 0 amide bonds. The zero-order valence-electron chi connectivity index (χ0n) is 11.0. The molecule has 1 unspecified atom stereocenters. The molecule has 0 saturated heterocycles. The van der Waals surface area contributed by atoms with Crippen LogP contribution < -0.4 is 0 Å². The Morgan fingerprint density at radius 1 is 1.38 bits per heavy atom. The molecule has 1 atom stereocenters. The van der Waals surface area contributed by atoms with Crippen molar-refractivity contribution in [3.63, 3.8) is 0 Å². The van der Waals surface area contributed by atoms with E-state index >= 15 is 0 Å². The molecule has 3 nitrogen and oxygen atoms in total. The van der Waals surface area contributed by atoms with Gasteiger partial charge in [-0.1, -0.05) is 19.9 Å². The molecule has 16 heavy (non-hydrogen) atoms. The Hall–Kier alpha value is -0.613. The van der Waals surface area contributed by atoms with Gasteiger partial charge in [-0.3, -0.25) is 0 Å². The molecular formula is C12H24O3Si. The molecule has 94 valence electrons. The van der Waals surface area contributed by atoms with Crippen molar-refractivity contribution < 1.29 is 14.0 Å². The van der Waals surface area contributed by atoms with Crippen molar-refractivity contribution in [3.8, 4) is 0 Å². The van der Waals surface area contributed by atoms with Crippen molar-refractivity contribution in [2.45, 2.75) is 45.3 Å². The Bertz CT molecular complexity index is 240. The standard InChI is InChI=1S/C12H24O3Si/c1-6-9-16(5,14-4)10-7-8-15-12(13)11(2)3/h2,6-10H2,1,3-5H3. The van der Waals surface area contributed by atoms with Gasteiger partial charge in [0.1, 0.15) is 0 Å². The molecule has 0 saturated carbocycles. The third-order valence-corrected chi connectivity index (χ3v) is 6.66. The molecule has 4 heteroatoms. The summed E-state index contributed by atoms with van der Waals surface area (Å²) in [4.78, 5) is 11.1. The molecule has 0 fully saturated rings. The van der Waals surface area contributed by atoms with Gasteiger partial charge in [0.2, 0.25) is 0 Å². The first-order valence-corrected chi connectivity index (χ1v) is 8.65. The quantitative estimate of drug-likeness (QED) is 0.285. The van der Waals surface area contributed by atoms with Crippen molar-refractivity contribution in [2.75, 3.05) is 13.7 Å². The summed E-state index contributed by atoms with van der Waals surface area (Å²) in [6, 6.07) is 2.21. The van der Waals surface area contributed by atoms with E-state index in [1.165, 1.54) is 0 Å². The third kappa shape index (κ3) is 6.08. The number of hydrogen-bond donors (Lipinski definition) is 0. The molecule has 0 aliphatic rings. The van der Waals surface area contributed by atoms with Crippen LogP contribution in [0.2, 0.25) is 18.6 Å². The van der Waals surface area contributed by atoms with Crippen LogP contribution in [0, 0.1) is 0 Å². The smallest absolute Gasteiger partial charge is 0.333 e. The molecule has 0 aliphatic heterocycles. The van der Waals surface area contributed by atoms with Crippen molar-refractivity contribution in [1.82, 2.24) is 0 Å². The number of rotatable bonds is 8. The summed E-state index contributed by atoms with van der Waals surface area (Å²) in [6.07, 6.45) is 2.04. The Kier molecular flexibility index (Phi) is 7.33. The van der Waals surface area contributed by atoms with Gasteiger partial charge in [-0.2, -0.15) is 0 Å². The zero-order chi connectivity index (χ0) is 12.6. The summed E-state index contributed by atoms with van der Waals surface area (Å²) < 4.78 is 10.7. The van der Waals surface area contributed by atoms with Gasteiger partial charge in [0.25, 0.3) is 0 Å². The summed E-state index contributed by atoms with van der Waals surface area (Å²) >= 11 is 0. The Labute approximate surface area is 100.0 Å². The van der Waals surface area contributed by atoms with E-state index < -0.39 is 8.32 Å². The largest absolute Gasteiger partial charge is 0.462 e. The van der Waals surface area contributed by atoms with Crippen LogP contribution in [0.4, 0.5) is 0 Å². The van der Waals surface area contributed by atoms with Crippen molar-refractivity contribution in [3.05, 3.63) is 12.2 Å². The highest BCUT2D eigenvalue weighted by atomic mass is 28.4. The Balaban J connectivity index is 3.79. The van der Waals surface area contributed by atoms with E-state index in [1.54, 1.807) is 14.0 Å². The van der Waals surface area contributed by atoms with Crippen molar-refractivity contribution in [2.24, 2.45) is 0 Å². The fourth-order valence-electron chi connectivity index (χ4n) is 1.59. The van der Waals surface area contributed by atoms with Crippen LogP contribution in [0.3, 0.4) is 0 Å². The maximum atomic E-state index is 11.1. The highest BCUT2D eigenvalue weighted by Crippen LogP contribution is 2.20. The molecule has 0 aromatic heterocycles. The predicted octanol–water partition coefficient (Wildman–Crippen LogP) is 3.13. The van der Waals surface area contributed by atoms with Gasteiger partial charge in [0.15, 0.2) is 8.32 Å². The van der Waals surface area contributed by atoms with Gasteiger partial charge in [0.05, 0.1) is 6.61 Å². The number of carbonyl (C=O) groups is 1. The van der Waals surface area contributed by atoms with Crippen molar-refractivity contribution in [1.29, 1.82) is 0 Å². The Morgan fingerprint density at radius 3 is 2.44 bits per heavy atom. The lowest BCUT2D eigenvalue weighted by Crippen LogP contribution is -2.32. The minimum atomic E-state index is -1.54. The van der Waals surface area contributed by atoms with E-state index in [-0.39, 0.29) is 5.97 Å². The fourth-order valence-corrected chi connectivity index (χ4v) is 4.20. The average Bonchev–Trinajstić information content (AvgIpc) is 2.24. The van der Waals surface area contributed by atoms with Crippen LogP contribution >= 0.6 is 0 Å². The van der Waals surface area contributed by atoms with Gasteiger partial charge < -0.3 is 9.16 Å². The topological polar surface area (TPSA) is 35.5 Å². The molecule has 0 N–H and O–H groups in total. The summed E-state index contributed by atoms with van der Waals surface area (Å²) in [5.74, 6) is -0.295. The number of esters is 1. The van der Waals surface area contributed by atoms with Crippen LogP contribution in [0.25, 0.3) is 0 Å². The SMILES string of the molecule is C=C(C)C(=O)OCCC[Si](C)(CCC)OC. The second-order valence-electron chi connectivity index (χ2n) is 4.42. The van der Waals surface area contributed by atoms with Crippen LogP contribution in [-0.2, 0) is 14.0 Å². The number of ether oxygens (including phenoxy) is 1. The normalized spacial score (nSPS) is 14.2. The molecule has 0 aliphatic carbocycles. The number of hydrogen-bond acceptors (Lipinski definition) is 3. The lowest BCUT2D eigenvalue weighted by atomic mass is 10.4. The van der Waals surface area contributed by atoms with Crippen LogP contribution in [0.15, 0.2) is 12.2 Å². The molecule has 0 rings (SSSR count). The summed E-state index contributed by atoms with van der Waals surface area (Å²) in [6.45, 7) is 10.1. The second kappa shape index (κ2) is 7.63. The molecule has 0 spiro atoms. The summed E-state index contributed by atoms with van der Waals surface area (Å²) in [5, 5.41) is 0. The second-order valence-corrected chi connectivity index (χ2v) is 8.73. The van der Waals surface area contributed by atoms with Gasteiger partial charge in [0, 0.05) is 12.7 Å². The first kappa shape index (κ1) is 15.4. The lowest BCUT2D eigenvalue weighted by molar-refractivity contribution is -0.138. The fraction of sp³-hybridized carbons (Fsp3) is 0.750. The average molecular weight is 244 g/mol. The lowest BCUT2D eigenvalue weighted by Gasteiger charge is -2.24. The zero-order valence-corrected chi connectivity index (χ0v) is 12.0. The van der Waals surface area contributed by atoms with E-state index in [4.69, 9.17) is 9.16 Å². The predicted molar refractivity (Wildman–Crippen MR) is 68.9 cm³/mol. The molecule has 0 radical (unpaired) electrons. The molecular weight excluding hydrogens is 220 g/mol. The number of carbonyl (C=O) groups excluding carboxylic acids is 1. The van der Waals surface area contributed by atoms with E-state index in [0.717, 1.165) is 24.9 Å². The molecule has 0 aromatic carbocycles. The first-order chi connectivity index (χ1) is 7.45. The summed E-state index contributed by atoms with van der Waals surface area (Å²) in [7, 11) is 0.257. The Morgan fingerprint density at radius 2 is 2.00 bits per heavy atom. The van der Waals surface area contributed by atoms with E-state index in [1.807, 2.05) is 0 Å². The highest BCUT2D eigenvalue weighted by molar-refractivity contribution is 6.72. The highest BCUT2D eigenvalue weighted by Gasteiger charge is 2.25. The van der Waals surface area contributed by atoms with E-state index in [2.05, 4.69) is 20.0 Å². The monoisotopic (exact) mass is 244 g/mol. The minimum Gasteiger partial charge on any atom is -0.462 e. The van der Waals surface area contributed by atoms with Gasteiger partial charge >= 0.3 is 5.97 Å². The van der Waals surface area contributed by atoms with Gasteiger partial charge in [-0.25, -0.2) is 4.79 Å².